The van der Waals surface area contributed by atoms with Gasteiger partial charge in [0.1, 0.15) is 0 Å². The van der Waals surface area contributed by atoms with E-state index in [2.05, 4.69) is 11.8 Å². The van der Waals surface area contributed by atoms with Crippen LogP contribution in [0.2, 0.25) is 0 Å². The minimum Gasteiger partial charge on any atom is -0.397 e. The lowest BCUT2D eigenvalue weighted by Crippen LogP contribution is -2.38. The Labute approximate surface area is 125 Å². The number of amides is 1. The van der Waals surface area contributed by atoms with Gasteiger partial charge in [0, 0.05) is 43.8 Å². The van der Waals surface area contributed by atoms with Gasteiger partial charge in [-0.1, -0.05) is 6.92 Å². The molecule has 1 amide bonds. The molecular formula is C15H23N3OS. The van der Waals surface area contributed by atoms with E-state index in [0.29, 0.717) is 16.5 Å². The number of thioether (sulfide) groups is 1. The van der Waals surface area contributed by atoms with Gasteiger partial charge in [-0.15, -0.1) is 0 Å². The second-order valence-electron chi connectivity index (χ2n) is 5.32. The number of nitrogens with zero attached hydrogens (tertiary/aromatic N) is 2. The lowest BCUT2D eigenvalue weighted by molar-refractivity contribution is 0.0827. The fraction of sp³-hybridized carbons (Fsp3) is 0.533. The lowest BCUT2D eigenvalue weighted by atomic mass is 10.1. The van der Waals surface area contributed by atoms with Crippen LogP contribution in [0.4, 0.5) is 11.4 Å². The van der Waals surface area contributed by atoms with E-state index in [4.69, 9.17) is 5.73 Å². The number of nitrogens with two attached hydrogens (primary N) is 1. The average molecular weight is 293 g/mol. The van der Waals surface area contributed by atoms with Crippen molar-refractivity contribution in [3.05, 3.63) is 23.8 Å². The third kappa shape index (κ3) is 3.20. The van der Waals surface area contributed by atoms with Crippen molar-refractivity contribution < 1.29 is 4.79 Å². The van der Waals surface area contributed by atoms with E-state index in [0.717, 1.165) is 24.5 Å². The van der Waals surface area contributed by atoms with Crippen molar-refractivity contribution in [1.29, 1.82) is 0 Å². The van der Waals surface area contributed by atoms with Crippen molar-refractivity contribution >= 4 is 29.0 Å². The summed E-state index contributed by atoms with van der Waals surface area (Å²) in [5.74, 6) is 1.12. The second-order valence-corrected chi connectivity index (χ2v) is 6.73. The van der Waals surface area contributed by atoms with E-state index in [1.807, 2.05) is 23.9 Å². The Morgan fingerprint density at radius 3 is 2.85 bits per heavy atom. The molecule has 1 unspecified atom stereocenters. The number of anilines is 2. The van der Waals surface area contributed by atoms with Crippen molar-refractivity contribution in [2.45, 2.75) is 18.6 Å². The molecule has 110 valence electrons. The van der Waals surface area contributed by atoms with Gasteiger partial charge >= 0.3 is 0 Å². The number of nitrogen functional groups attached to an aromatic ring is 1. The van der Waals surface area contributed by atoms with Crippen LogP contribution in [-0.2, 0) is 0 Å². The van der Waals surface area contributed by atoms with Crippen molar-refractivity contribution in [3.8, 4) is 0 Å². The molecule has 0 aromatic heterocycles. The molecule has 0 spiro atoms. The first-order valence-corrected chi connectivity index (χ1v) is 8.05. The highest BCUT2D eigenvalue weighted by Crippen LogP contribution is 2.30. The molecule has 1 aromatic rings. The Kier molecular flexibility index (Phi) is 4.81. The summed E-state index contributed by atoms with van der Waals surface area (Å²) in [6.07, 6.45) is 1.18. The summed E-state index contributed by atoms with van der Waals surface area (Å²) in [6.45, 7) is 4.28. The number of benzene rings is 1. The zero-order valence-electron chi connectivity index (χ0n) is 12.4. The molecule has 1 aliphatic heterocycles. The normalized spacial score (nSPS) is 18.9. The van der Waals surface area contributed by atoms with Crippen LogP contribution in [0.25, 0.3) is 0 Å². The van der Waals surface area contributed by atoms with Gasteiger partial charge in [-0.2, -0.15) is 11.8 Å². The lowest BCUT2D eigenvalue weighted by Gasteiger charge is -2.34. The molecule has 1 aliphatic rings. The van der Waals surface area contributed by atoms with Gasteiger partial charge in [0.15, 0.2) is 0 Å². The summed E-state index contributed by atoms with van der Waals surface area (Å²) in [7, 11) is 3.50. The minimum absolute atomic E-state index is 0.0103. The fourth-order valence-electron chi connectivity index (χ4n) is 2.42. The van der Waals surface area contributed by atoms with Crippen LogP contribution < -0.4 is 10.6 Å². The number of hydrogen-bond acceptors (Lipinski definition) is 4. The summed E-state index contributed by atoms with van der Waals surface area (Å²) in [6, 6.07) is 5.64. The topological polar surface area (TPSA) is 49.6 Å². The van der Waals surface area contributed by atoms with Gasteiger partial charge in [-0.3, -0.25) is 4.79 Å². The van der Waals surface area contributed by atoms with Gasteiger partial charge in [-0.05, 0) is 24.6 Å². The smallest absolute Gasteiger partial charge is 0.253 e. The van der Waals surface area contributed by atoms with Crippen LogP contribution in [0.3, 0.4) is 0 Å². The van der Waals surface area contributed by atoms with E-state index in [-0.39, 0.29) is 5.91 Å². The van der Waals surface area contributed by atoms with Crippen LogP contribution >= 0.6 is 11.8 Å². The molecule has 5 heteroatoms. The molecule has 1 saturated heterocycles. The Morgan fingerprint density at radius 1 is 1.50 bits per heavy atom. The van der Waals surface area contributed by atoms with Crippen LogP contribution in [0.5, 0.6) is 0 Å². The highest BCUT2D eigenvalue weighted by atomic mass is 32.2. The molecule has 2 rings (SSSR count). The maximum absolute atomic E-state index is 11.9. The van der Waals surface area contributed by atoms with E-state index >= 15 is 0 Å². The van der Waals surface area contributed by atoms with Gasteiger partial charge in [0.05, 0.1) is 11.4 Å². The third-order valence-electron chi connectivity index (χ3n) is 3.62. The van der Waals surface area contributed by atoms with Crippen molar-refractivity contribution in [3.63, 3.8) is 0 Å². The molecule has 0 saturated carbocycles. The maximum atomic E-state index is 11.9. The maximum Gasteiger partial charge on any atom is 0.253 e. The monoisotopic (exact) mass is 293 g/mol. The Morgan fingerprint density at radius 2 is 2.25 bits per heavy atom. The number of rotatable bonds is 3. The Balaban J connectivity index is 2.19. The molecule has 20 heavy (non-hydrogen) atoms. The van der Waals surface area contributed by atoms with E-state index < -0.39 is 0 Å². The quantitative estimate of drug-likeness (QED) is 0.869. The van der Waals surface area contributed by atoms with E-state index in [9.17, 15) is 4.79 Å². The molecule has 2 N–H and O–H groups in total. The third-order valence-corrected chi connectivity index (χ3v) is 4.99. The van der Waals surface area contributed by atoms with Crippen molar-refractivity contribution in [2.24, 2.45) is 0 Å². The molecule has 1 heterocycles. The standard InChI is InChI=1S/C15H23N3OS/c1-4-12-10-18(7-8-20-12)14-6-5-11(9-13(14)16)15(19)17(2)3/h5-6,9,12H,4,7-8,10,16H2,1-3H3. The molecule has 0 radical (unpaired) electrons. The van der Waals surface area contributed by atoms with Crippen LogP contribution in [0, 0.1) is 0 Å². The average Bonchev–Trinajstić information content (AvgIpc) is 2.46. The summed E-state index contributed by atoms with van der Waals surface area (Å²) >= 11 is 2.04. The SMILES string of the molecule is CCC1CN(c2ccc(C(=O)N(C)C)cc2N)CCS1. The first-order valence-electron chi connectivity index (χ1n) is 7.00. The zero-order valence-corrected chi connectivity index (χ0v) is 13.2. The summed E-state index contributed by atoms with van der Waals surface area (Å²) in [5, 5.41) is 0.672. The van der Waals surface area contributed by atoms with Gasteiger partial charge in [-0.25, -0.2) is 0 Å². The van der Waals surface area contributed by atoms with Gasteiger partial charge in [0.2, 0.25) is 0 Å². The summed E-state index contributed by atoms with van der Waals surface area (Å²) in [4.78, 5) is 15.8. The molecule has 4 nitrogen and oxygen atoms in total. The van der Waals surface area contributed by atoms with E-state index in [1.165, 1.54) is 6.42 Å². The summed E-state index contributed by atoms with van der Waals surface area (Å²) < 4.78 is 0. The fourth-order valence-corrected chi connectivity index (χ4v) is 3.60. The molecule has 0 aliphatic carbocycles. The number of hydrogen-bond donors (Lipinski definition) is 1. The van der Waals surface area contributed by atoms with Crippen LogP contribution in [0.15, 0.2) is 18.2 Å². The first-order chi connectivity index (χ1) is 9.52. The Hall–Kier alpha value is -1.36. The highest BCUT2D eigenvalue weighted by molar-refractivity contribution is 8.00. The van der Waals surface area contributed by atoms with Crippen molar-refractivity contribution in [1.82, 2.24) is 4.90 Å². The molecule has 1 aromatic carbocycles. The largest absolute Gasteiger partial charge is 0.397 e. The highest BCUT2D eigenvalue weighted by Gasteiger charge is 2.21. The van der Waals surface area contributed by atoms with Crippen LogP contribution in [0.1, 0.15) is 23.7 Å². The second kappa shape index (κ2) is 6.39. The predicted octanol–water partition coefficient (Wildman–Crippen LogP) is 2.30. The molecule has 1 atom stereocenters. The first kappa shape index (κ1) is 15.0. The summed E-state index contributed by atoms with van der Waals surface area (Å²) in [5.41, 5.74) is 8.55. The van der Waals surface area contributed by atoms with E-state index in [1.54, 1.807) is 25.1 Å². The van der Waals surface area contributed by atoms with Crippen molar-refractivity contribution in [2.75, 3.05) is 43.6 Å². The molecule has 0 bridgehead atoms. The predicted molar refractivity (Wildman–Crippen MR) is 87.6 cm³/mol. The molecule has 1 fully saturated rings. The van der Waals surface area contributed by atoms with Gasteiger partial charge < -0.3 is 15.5 Å². The minimum atomic E-state index is -0.0103. The van der Waals surface area contributed by atoms with Crippen LogP contribution in [-0.4, -0.2) is 49.0 Å². The zero-order chi connectivity index (χ0) is 14.7. The number of carbonyl (C=O) groups is 1. The number of carbonyl (C=O) groups excluding carboxylic acids is 1. The Bertz CT molecular complexity index is 490. The van der Waals surface area contributed by atoms with Gasteiger partial charge in [0.25, 0.3) is 5.91 Å². The molecular weight excluding hydrogens is 270 g/mol.